The van der Waals surface area contributed by atoms with Crippen LogP contribution in [0.2, 0.25) is 0 Å². The van der Waals surface area contributed by atoms with Gasteiger partial charge in [-0.2, -0.15) is 5.10 Å². The van der Waals surface area contributed by atoms with Crippen molar-refractivity contribution in [1.29, 1.82) is 0 Å². The molecule has 1 aromatic heterocycles. The second-order valence-electron chi connectivity index (χ2n) is 7.08. The number of benzene rings is 1. The molecule has 104 valence electrons. The van der Waals surface area contributed by atoms with Crippen LogP contribution in [0.3, 0.4) is 0 Å². The Morgan fingerprint density at radius 1 is 1.10 bits per heavy atom. The summed E-state index contributed by atoms with van der Waals surface area (Å²) in [5, 5.41) is 12.2. The third-order valence-corrected chi connectivity index (χ3v) is 6.22. The number of hydrogen-bond donors (Lipinski definition) is 2. The van der Waals surface area contributed by atoms with Crippen molar-refractivity contribution in [2.24, 2.45) is 23.7 Å². The molecule has 2 aromatic rings. The first-order valence-corrected chi connectivity index (χ1v) is 8.08. The molecule has 3 saturated carbocycles. The second-order valence-corrected chi connectivity index (χ2v) is 7.08. The SMILES string of the molecule is c1cc2cn[nH]c2cc1NC1CC2CC1C1CCCC21. The van der Waals surface area contributed by atoms with Crippen LogP contribution in [0.5, 0.6) is 0 Å². The monoisotopic (exact) mass is 267 g/mol. The van der Waals surface area contributed by atoms with Gasteiger partial charge in [-0.25, -0.2) is 0 Å². The van der Waals surface area contributed by atoms with Crippen molar-refractivity contribution in [3.8, 4) is 0 Å². The minimum Gasteiger partial charge on any atom is -0.382 e. The third-order valence-electron chi connectivity index (χ3n) is 6.22. The molecular weight excluding hydrogens is 246 g/mol. The van der Waals surface area contributed by atoms with Crippen molar-refractivity contribution < 1.29 is 0 Å². The van der Waals surface area contributed by atoms with Crippen LogP contribution >= 0.6 is 0 Å². The van der Waals surface area contributed by atoms with Crippen molar-refractivity contribution in [1.82, 2.24) is 10.2 Å². The number of aromatic nitrogens is 2. The van der Waals surface area contributed by atoms with Gasteiger partial charge in [-0.05, 0) is 67.6 Å². The average molecular weight is 267 g/mol. The summed E-state index contributed by atoms with van der Waals surface area (Å²) in [7, 11) is 0. The molecule has 0 aliphatic heterocycles. The van der Waals surface area contributed by atoms with Gasteiger partial charge in [-0.3, -0.25) is 5.10 Å². The number of nitrogens with zero attached hydrogens (tertiary/aromatic N) is 1. The van der Waals surface area contributed by atoms with Crippen molar-refractivity contribution in [2.75, 3.05) is 5.32 Å². The van der Waals surface area contributed by atoms with Crippen LogP contribution in [0.25, 0.3) is 10.9 Å². The normalized spacial score (nSPS) is 38.5. The predicted molar refractivity (Wildman–Crippen MR) is 80.5 cm³/mol. The summed E-state index contributed by atoms with van der Waals surface area (Å²) in [5.41, 5.74) is 2.39. The smallest absolute Gasteiger partial charge is 0.0670 e. The largest absolute Gasteiger partial charge is 0.382 e. The minimum atomic E-state index is 0.708. The first-order chi connectivity index (χ1) is 9.88. The quantitative estimate of drug-likeness (QED) is 0.869. The van der Waals surface area contributed by atoms with E-state index < -0.39 is 0 Å². The summed E-state index contributed by atoms with van der Waals surface area (Å²) in [6.07, 6.45) is 9.25. The highest BCUT2D eigenvalue weighted by molar-refractivity contribution is 5.81. The molecule has 20 heavy (non-hydrogen) atoms. The summed E-state index contributed by atoms with van der Waals surface area (Å²) >= 11 is 0. The van der Waals surface area contributed by atoms with Crippen molar-refractivity contribution >= 4 is 16.6 Å². The first-order valence-electron chi connectivity index (χ1n) is 8.08. The summed E-state index contributed by atoms with van der Waals surface area (Å²) in [4.78, 5) is 0. The van der Waals surface area contributed by atoms with E-state index in [0.717, 1.165) is 29.2 Å². The molecule has 3 aliphatic carbocycles. The highest BCUT2D eigenvalue weighted by Gasteiger charge is 2.53. The Labute approximate surface area is 119 Å². The van der Waals surface area contributed by atoms with Crippen LogP contribution in [0.1, 0.15) is 32.1 Å². The van der Waals surface area contributed by atoms with Crippen LogP contribution in [-0.4, -0.2) is 16.2 Å². The third kappa shape index (κ3) is 1.49. The Morgan fingerprint density at radius 2 is 2.05 bits per heavy atom. The van der Waals surface area contributed by atoms with Gasteiger partial charge in [0.15, 0.2) is 0 Å². The van der Waals surface area contributed by atoms with Gasteiger partial charge in [0.1, 0.15) is 0 Å². The number of anilines is 1. The standard InChI is InChI=1S/C17H21N3/c1-2-13-11-6-15(14(13)3-1)17(7-11)19-12-5-4-10-9-18-20-16(10)8-12/h4-5,8-9,11,13-15,17,19H,1-3,6-7H2,(H,18,20). The molecule has 3 fully saturated rings. The van der Waals surface area contributed by atoms with E-state index in [1.807, 2.05) is 6.20 Å². The summed E-state index contributed by atoms with van der Waals surface area (Å²) in [6, 6.07) is 7.28. The Balaban J connectivity index is 1.39. The average Bonchev–Trinajstić information content (AvgIpc) is 3.20. The molecule has 3 aliphatic rings. The van der Waals surface area contributed by atoms with Gasteiger partial charge in [0.05, 0.1) is 11.7 Å². The molecule has 3 nitrogen and oxygen atoms in total. The zero-order valence-corrected chi connectivity index (χ0v) is 11.7. The Bertz CT molecular complexity index is 646. The lowest BCUT2D eigenvalue weighted by Gasteiger charge is -2.32. The van der Waals surface area contributed by atoms with Gasteiger partial charge in [0.2, 0.25) is 0 Å². The number of rotatable bonds is 2. The van der Waals surface area contributed by atoms with E-state index in [9.17, 15) is 0 Å². The van der Waals surface area contributed by atoms with Crippen LogP contribution in [0.15, 0.2) is 24.4 Å². The molecule has 5 rings (SSSR count). The van der Waals surface area contributed by atoms with Crippen LogP contribution in [0, 0.1) is 23.7 Å². The summed E-state index contributed by atoms with van der Waals surface area (Å²) in [6.45, 7) is 0. The van der Waals surface area contributed by atoms with Crippen LogP contribution in [0.4, 0.5) is 5.69 Å². The Morgan fingerprint density at radius 3 is 3.05 bits per heavy atom. The highest BCUT2D eigenvalue weighted by Crippen LogP contribution is 2.59. The zero-order valence-electron chi connectivity index (χ0n) is 11.7. The molecule has 0 saturated heterocycles. The van der Waals surface area contributed by atoms with E-state index in [2.05, 4.69) is 33.7 Å². The second kappa shape index (κ2) is 4.00. The fourth-order valence-corrected chi connectivity index (χ4v) is 5.47. The maximum Gasteiger partial charge on any atom is 0.0670 e. The molecule has 0 spiro atoms. The number of nitrogens with one attached hydrogen (secondary N) is 2. The van der Waals surface area contributed by atoms with Crippen molar-refractivity contribution in [3.05, 3.63) is 24.4 Å². The Hall–Kier alpha value is -1.51. The summed E-state index contributed by atoms with van der Waals surface area (Å²) in [5.74, 6) is 4.06. The minimum absolute atomic E-state index is 0.708. The number of fused-ring (bicyclic) bond motifs is 6. The van der Waals surface area contributed by atoms with E-state index in [-0.39, 0.29) is 0 Å². The fourth-order valence-electron chi connectivity index (χ4n) is 5.47. The molecule has 3 heteroatoms. The van der Waals surface area contributed by atoms with Gasteiger partial charge >= 0.3 is 0 Å². The van der Waals surface area contributed by atoms with E-state index in [4.69, 9.17) is 0 Å². The molecule has 5 atom stereocenters. The van der Waals surface area contributed by atoms with Crippen LogP contribution in [-0.2, 0) is 0 Å². The molecule has 1 aromatic carbocycles. The molecule has 2 N–H and O–H groups in total. The van der Waals surface area contributed by atoms with Gasteiger partial charge in [0.25, 0.3) is 0 Å². The van der Waals surface area contributed by atoms with Gasteiger partial charge in [-0.1, -0.05) is 6.42 Å². The van der Waals surface area contributed by atoms with Crippen LogP contribution < -0.4 is 5.32 Å². The lowest BCUT2D eigenvalue weighted by molar-refractivity contribution is 0.243. The lowest BCUT2D eigenvalue weighted by atomic mass is 9.79. The molecule has 1 heterocycles. The number of hydrogen-bond acceptors (Lipinski definition) is 2. The van der Waals surface area contributed by atoms with Crippen molar-refractivity contribution in [2.45, 2.75) is 38.1 Å². The van der Waals surface area contributed by atoms with E-state index in [1.54, 1.807) is 0 Å². The predicted octanol–water partition coefficient (Wildman–Crippen LogP) is 3.80. The maximum atomic E-state index is 4.10. The van der Waals surface area contributed by atoms with Gasteiger partial charge in [0, 0.05) is 17.1 Å². The van der Waals surface area contributed by atoms with E-state index in [1.165, 1.54) is 43.2 Å². The Kier molecular flexibility index (Phi) is 2.24. The highest BCUT2D eigenvalue weighted by atomic mass is 15.1. The molecule has 2 bridgehead atoms. The number of aromatic amines is 1. The maximum absolute atomic E-state index is 4.10. The van der Waals surface area contributed by atoms with Gasteiger partial charge < -0.3 is 5.32 Å². The first kappa shape index (κ1) is 11.2. The lowest BCUT2D eigenvalue weighted by Crippen LogP contribution is -2.33. The number of H-pyrrole nitrogens is 1. The zero-order chi connectivity index (χ0) is 13.1. The topological polar surface area (TPSA) is 40.7 Å². The molecule has 0 amide bonds. The summed E-state index contributed by atoms with van der Waals surface area (Å²) < 4.78 is 0. The molecular formula is C17H21N3. The van der Waals surface area contributed by atoms with Crippen molar-refractivity contribution in [3.63, 3.8) is 0 Å². The van der Waals surface area contributed by atoms with E-state index in [0.29, 0.717) is 6.04 Å². The van der Waals surface area contributed by atoms with E-state index >= 15 is 0 Å². The molecule has 0 radical (unpaired) electrons. The molecule has 5 unspecified atom stereocenters. The fraction of sp³-hybridized carbons (Fsp3) is 0.588. The van der Waals surface area contributed by atoms with Gasteiger partial charge in [-0.15, -0.1) is 0 Å².